The molecule has 0 unspecified atom stereocenters. The molecule has 6 heteroatoms. The van der Waals surface area contributed by atoms with Crippen LogP contribution in [0.2, 0.25) is 0 Å². The Morgan fingerprint density at radius 3 is 2.41 bits per heavy atom. The first-order chi connectivity index (χ1) is 10.3. The van der Waals surface area contributed by atoms with E-state index in [-0.39, 0.29) is 11.9 Å². The molecule has 0 aromatic rings. The molecule has 3 amide bonds. The van der Waals surface area contributed by atoms with Crippen molar-refractivity contribution in [1.82, 2.24) is 20.0 Å². The number of rotatable bonds is 6. The summed E-state index contributed by atoms with van der Waals surface area (Å²) in [5.74, 6) is 0.617. The lowest BCUT2D eigenvalue weighted by Crippen LogP contribution is -2.55. The van der Waals surface area contributed by atoms with E-state index in [1.807, 2.05) is 14.1 Å². The van der Waals surface area contributed by atoms with E-state index in [4.69, 9.17) is 0 Å². The van der Waals surface area contributed by atoms with Crippen LogP contribution in [0.4, 0.5) is 4.79 Å². The maximum atomic E-state index is 12.7. The lowest BCUT2D eigenvalue weighted by atomic mass is 9.87. The summed E-state index contributed by atoms with van der Waals surface area (Å²) in [5.41, 5.74) is -0.636. The van der Waals surface area contributed by atoms with Gasteiger partial charge in [-0.1, -0.05) is 13.8 Å². The number of nitrogens with one attached hydrogen (secondary N) is 1. The van der Waals surface area contributed by atoms with Gasteiger partial charge in [-0.3, -0.25) is 9.69 Å². The van der Waals surface area contributed by atoms with Crippen molar-refractivity contribution in [2.75, 3.05) is 46.8 Å². The first-order valence-corrected chi connectivity index (χ1v) is 8.35. The van der Waals surface area contributed by atoms with Gasteiger partial charge in [-0.2, -0.15) is 0 Å². The zero-order chi connectivity index (χ0) is 16.3. The summed E-state index contributed by atoms with van der Waals surface area (Å²) in [7, 11) is 4.00. The van der Waals surface area contributed by atoms with E-state index < -0.39 is 5.54 Å². The van der Waals surface area contributed by atoms with Gasteiger partial charge in [-0.25, -0.2) is 4.79 Å². The molecule has 2 fully saturated rings. The van der Waals surface area contributed by atoms with Gasteiger partial charge in [-0.15, -0.1) is 0 Å². The molecule has 6 nitrogen and oxygen atoms in total. The smallest absolute Gasteiger partial charge is 0.323 e. The fourth-order valence-electron chi connectivity index (χ4n) is 3.40. The topological polar surface area (TPSA) is 55.9 Å². The van der Waals surface area contributed by atoms with Crippen LogP contribution < -0.4 is 5.32 Å². The highest BCUT2D eigenvalue weighted by atomic mass is 16.2. The van der Waals surface area contributed by atoms with Crippen LogP contribution in [-0.2, 0) is 4.79 Å². The maximum Gasteiger partial charge on any atom is 0.325 e. The first kappa shape index (κ1) is 17.2. The second-order valence-corrected chi connectivity index (χ2v) is 7.32. The van der Waals surface area contributed by atoms with Crippen LogP contribution in [0.1, 0.15) is 33.1 Å². The number of nitrogens with zero attached hydrogens (tertiary/aromatic N) is 3. The van der Waals surface area contributed by atoms with Crippen molar-refractivity contribution in [3.8, 4) is 0 Å². The molecule has 1 spiro atoms. The van der Waals surface area contributed by atoms with Crippen molar-refractivity contribution in [3.05, 3.63) is 0 Å². The normalized spacial score (nSPS) is 22.2. The van der Waals surface area contributed by atoms with Crippen LogP contribution in [0.25, 0.3) is 0 Å². The number of imide groups is 1. The SMILES string of the molecule is CC(C)CN1CCC2(CC1)NC(=O)N(CCCN(C)C)C2=O. The number of piperidine rings is 1. The summed E-state index contributed by atoms with van der Waals surface area (Å²) in [4.78, 5) is 30.7. The summed E-state index contributed by atoms with van der Waals surface area (Å²) in [6, 6.07) is -0.207. The Morgan fingerprint density at radius 1 is 1.23 bits per heavy atom. The van der Waals surface area contributed by atoms with Crippen molar-refractivity contribution >= 4 is 11.9 Å². The number of hydrogen-bond donors (Lipinski definition) is 1. The minimum atomic E-state index is -0.636. The van der Waals surface area contributed by atoms with Gasteiger partial charge in [0, 0.05) is 26.2 Å². The zero-order valence-electron chi connectivity index (χ0n) is 14.4. The van der Waals surface area contributed by atoms with Gasteiger partial charge in [0.15, 0.2) is 0 Å². The molecule has 2 aliphatic rings. The summed E-state index contributed by atoms with van der Waals surface area (Å²) in [6.07, 6.45) is 2.28. The molecule has 22 heavy (non-hydrogen) atoms. The van der Waals surface area contributed by atoms with Crippen LogP contribution in [0.5, 0.6) is 0 Å². The van der Waals surface area contributed by atoms with Gasteiger partial charge in [0.2, 0.25) is 0 Å². The fourth-order valence-corrected chi connectivity index (χ4v) is 3.40. The number of likely N-dealkylation sites (tertiary alicyclic amines) is 1. The molecule has 0 atom stereocenters. The highest BCUT2D eigenvalue weighted by Gasteiger charge is 2.51. The molecule has 0 radical (unpaired) electrons. The zero-order valence-corrected chi connectivity index (χ0v) is 14.4. The molecule has 1 N–H and O–H groups in total. The van der Waals surface area contributed by atoms with Crippen molar-refractivity contribution < 1.29 is 9.59 Å². The lowest BCUT2D eigenvalue weighted by Gasteiger charge is -2.38. The second-order valence-electron chi connectivity index (χ2n) is 7.32. The van der Waals surface area contributed by atoms with Gasteiger partial charge < -0.3 is 15.1 Å². The molecule has 126 valence electrons. The van der Waals surface area contributed by atoms with Crippen molar-refractivity contribution in [2.45, 2.75) is 38.6 Å². The van der Waals surface area contributed by atoms with Crippen LogP contribution in [0, 0.1) is 5.92 Å². The minimum Gasteiger partial charge on any atom is -0.323 e. The Labute approximate surface area is 133 Å². The standard InChI is InChI=1S/C16H30N4O2/c1-13(2)12-19-10-6-16(7-11-19)14(21)20(15(22)17-16)9-5-8-18(3)4/h13H,5-12H2,1-4H3,(H,17,22). The van der Waals surface area contributed by atoms with Gasteiger partial charge in [0.05, 0.1) is 0 Å². The largest absolute Gasteiger partial charge is 0.325 e. The van der Waals surface area contributed by atoms with Crippen molar-refractivity contribution in [1.29, 1.82) is 0 Å². The van der Waals surface area contributed by atoms with E-state index in [0.29, 0.717) is 12.5 Å². The van der Waals surface area contributed by atoms with Crippen molar-refractivity contribution in [3.63, 3.8) is 0 Å². The van der Waals surface area contributed by atoms with E-state index in [1.165, 1.54) is 4.90 Å². The quantitative estimate of drug-likeness (QED) is 0.743. The lowest BCUT2D eigenvalue weighted by molar-refractivity contribution is -0.133. The molecule has 0 aromatic heterocycles. The molecule has 2 saturated heterocycles. The average Bonchev–Trinajstić information content (AvgIpc) is 2.65. The molecular weight excluding hydrogens is 280 g/mol. The third kappa shape index (κ3) is 3.79. The third-order valence-electron chi connectivity index (χ3n) is 4.57. The van der Waals surface area contributed by atoms with Gasteiger partial charge in [0.25, 0.3) is 5.91 Å². The van der Waals surface area contributed by atoms with E-state index in [9.17, 15) is 9.59 Å². The maximum absolute atomic E-state index is 12.7. The molecular formula is C16H30N4O2. The second kappa shape index (κ2) is 6.96. The summed E-state index contributed by atoms with van der Waals surface area (Å²) >= 11 is 0. The van der Waals surface area contributed by atoms with E-state index in [1.54, 1.807) is 0 Å². The number of urea groups is 1. The highest BCUT2D eigenvalue weighted by molar-refractivity contribution is 6.07. The van der Waals surface area contributed by atoms with Crippen LogP contribution in [-0.4, -0.2) is 79.0 Å². The monoisotopic (exact) mass is 310 g/mol. The van der Waals surface area contributed by atoms with Crippen molar-refractivity contribution in [2.24, 2.45) is 5.92 Å². The van der Waals surface area contributed by atoms with Gasteiger partial charge in [0.1, 0.15) is 5.54 Å². The molecule has 0 saturated carbocycles. The van der Waals surface area contributed by atoms with Gasteiger partial charge >= 0.3 is 6.03 Å². The predicted molar refractivity (Wildman–Crippen MR) is 86.7 cm³/mol. The van der Waals surface area contributed by atoms with Crippen LogP contribution in [0.3, 0.4) is 0 Å². The van der Waals surface area contributed by atoms with Crippen LogP contribution in [0.15, 0.2) is 0 Å². The minimum absolute atomic E-state index is 0.0135. The van der Waals surface area contributed by atoms with E-state index in [0.717, 1.165) is 45.4 Å². The first-order valence-electron chi connectivity index (χ1n) is 8.35. The molecule has 2 heterocycles. The number of carbonyl (C=O) groups excluding carboxylic acids is 2. The fraction of sp³-hybridized carbons (Fsp3) is 0.875. The molecule has 2 aliphatic heterocycles. The molecule has 0 bridgehead atoms. The Kier molecular flexibility index (Phi) is 5.45. The summed E-state index contributed by atoms with van der Waals surface area (Å²) in [5, 5.41) is 2.98. The molecule has 2 rings (SSSR count). The number of amides is 3. The number of hydrogen-bond acceptors (Lipinski definition) is 4. The van der Waals surface area contributed by atoms with E-state index in [2.05, 4.69) is 29.0 Å². The predicted octanol–water partition coefficient (Wildman–Crippen LogP) is 0.981. The Hall–Kier alpha value is -1.14. The Balaban J connectivity index is 1.91. The summed E-state index contributed by atoms with van der Waals surface area (Å²) < 4.78 is 0. The van der Waals surface area contributed by atoms with Gasteiger partial charge in [-0.05, 0) is 45.8 Å². The van der Waals surface area contributed by atoms with E-state index >= 15 is 0 Å². The molecule has 0 aliphatic carbocycles. The highest BCUT2D eigenvalue weighted by Crippen LogP contribution is 2.29. The Bertz CT molecular complexity index is 414. The molecule has 0 aromatic carbocycles. The average molecular weight is 310 g/mol. The Morgan fingerprint density at radius 2 is 1.86 bits per heavy atom. The number of carbonyl (C=O) groups is 2. The third-order valence-corrected chi connectivity index (χ3v) is 4.57. The summed E-state index contributed by atoms with van der Waals surface area (Å²) in [6.45, 7) is 8.64. The van der Waals surface area contributed by atoms with Crippen LogP contribution >= 0.6 is 0 Å².